The summed E-state index contributed by atoms with van der Waals surface area (Å²) in [5.74, 6) is 0. The smallest absolute Gasteiger partial charge is 0.320 e. The molecule has 4 nitrogen and oxygen atoms in total. The molecule has 1 heterocycles. The number of hydrogen-bond donors (Lipinski definition) is 1. The summed E-state index contributed by atoms with van der Waals surface area (Å²) in [6.45, 7) is 3.42. The van der Waals surface area contributed by atoms with Crippen LogP contribution in [0.1, 0.15) is 44.9 Å². The number of urea groups is 1. The van der Waals surface area contributed by atoms with Gasteiger partial charge in [-0.05, 0) is 38.6 Å². The van der Waals surface area contributed by atoms with Crippen LogP contribution in [-0.4, -0.2) is 48.1 Å². The minimum Gasteiger partial charge on any atom is -0.330 e. The topological polar surface area (TPSA) is 49.6 Å². The molecule has 0 radical (unpaired) electrons. The summed E-state index contributed by atoms with van der Waals surface area (Å²) in [4.78, 5) is 16.6. The van der Waals surface area contributed by atoms with E-state index in [1.165, 1.54) is 38.5 Å². The van der Waals surface area contributed by atoms with Crippen LogP contribution in [0.5, 0.6) is 0 Å². The molecule has 2 N–H and O–H groups in total. The van der Waals surface area contributed by atoms with Gasteiger partial charge in [0, 0.05) is 25.7 Å². The van der Waals surface area contributed by atoms with Gasteiger partial charge in [-0.2, -0.15) is 0 Å². The number of likely N-dealkylation sites (tertiary alicyclic amines) is 1. The zero-order chi connectivity index (χ0) is 12.1. The van der Waals surface area contributed by atoms with Gasteiger partial charge in [0.25, 0.3) is 0 Å². The molecule has 2 amide bonds. The lowest BCUT2D eigenvalue weighted by molar-refractivity contribution is 0.151. The van der Waals surface area contributed by atoms with Crippen LogP contribution in [0.4, 0.5) is 4.79 Å². The first-order chi connectivity index (χ1) is 8.33. The van der Waals surface area contributed by atoms with Crippen LogP contribution < -0.4 is 5.73 Å². The molecule has 1 saturated carbocycles. The van der Waals surface area contributed by atoms with Crippen molar-refractivity contribution in [2.75, 3.05) is 26.2 Å². The molecule has 1 saturated heterocycles. The first-order valence-corrected chi connectivity index (χ1v) is 7.08. The highest BCUT2D eigenvalue weighted by Crippen LogP contribution is 2.28. The van der Waals surface area contributed by atoms with Crippen molar-refractivity contribution in [1.82, 2.24) is 9.80 Å². The van der Waals surface area contributed by atoms with E-state index in [2.05, 4.69) is 9.80 Å². The van der Waals surface area contributed by atoms with Crippen molar-refractivity contribution >= 4 is 6.03 Å². The molecule has 0 spiro atoms. The Morgan fingerprint density at radius 3 is 2.35 bits per heavy atom. The van der Waals surface area contributed by atoms with Gasteiger partial charge < -0.3 is 15.5 Å². The predicted molar refractivity (Wildman–Crippen MR) is 68.8 cm³/mol. The maximum Gasteiger partial charge on any atom is 0.320 e. The Morgan fingerprint density at radius 2 is 1.82 bits per heavy atom. The third kappa shape index (κ3) is 3.60. The number of carbonyl (C=O) groups excluding carboxylic acids is 1. The lowest BCUT2D eigenvalue weighted by atomic mass is 10.2. The van der Waals surface area contributed by atoms with Crippen molar-refractivity contribution < 1.29 is 4.79 Å². The molecule has 2 aliphatic rings. The van der Waals surface area contributed by atoms with Crippen LogP contribution in [0.2, 0.25) is 0 Å². The number of nitrogens with zero attached hydrogens (tertiary/aromatic N) is 2. The SMILES string of the molecule is NCCCN(C(=O)N1CCCCCC1)C1CC1. The molecule has 0 unspecified atom stereocenters. The van der Waals surface area contributed by atoms with Crippen LogP contribution in [0.3, 0.4) is 0 Å². The van der Waals surface area contributed by atoms with Gasteiger partial charge in [0.05, 0.1) is 0 Å². The van der Waals surface area contributed by atoms with E-state index >= 15 is 0 Å². The highest BCUT2D eigenvalue weighted by molar-refractivity contribution is 5.75. The van der Waals surface area contributed by atoms with Gasteiger partial charge >= 0.3 is 6.03 Å². The van der Waals surface area contributed by atoms with E-state index in [0.29, 0.717) is 12.6 Å². The zero-order valence-corrected chi connectivity index (χ0v) is 10.7. The van der Waals surface area contributed by atoms with Gasteiger partial charge in [0.1, 0.15) is 0 Å². The molecule has 0 bridgehead atoms. The molecular weight excluding hydrogens is 214 g/mol. The molecule has 4 heteroatoms. The van der Waals surface area contributed by atoms with Gasteiger partial charge in [-0.25, -0.2) is 4.79 Å². The quantitative estimate of drug-likeness (QED) is 0.813. The van der Waals surface area contributed by atoms with E-state index in [1.54, 1.807) is 0 Å². The zero-order valence-electron chi connectivity index (χ0n) is 10.7. The van der Waals surface area contributed by atoms with Crippen LogP contribution in [0.25, 0.3) is 0 Å². The van der Waals surface area contributed by atoms with Crippen molar-refractivity contribution in [2.24, 2.45) is 5.73 Å². The average Bonchev–Trinajstić information content (AvgIpc) is 3.16. The van der Waals surface area contributed by atoms with Gasteiger partial charge in [0.2, 0.25) is 0 Å². The summed E-state index contributed by atoms with van der Waals surface area (Å²) in [6.07, 6.45) is 8.18. The van der Waals surface area contributed by atoms with Crippen LogP contribution in [0.15, 0.2) is 0 Å². The standard InChI is InChI=1S/C13H25N3O/c14-8-5-11-16(12-6-7-12)13(17)15-9-3-1-2-4-10-15/h12H,1-11,14H2. The van der Waals surface area contributed by atoms with E-state index in [9.17, 15) is 4.79 Å². The minimum absolute atomic E-state index is 0.267. The van der Waals surface area contributed by atoms with E-state index in [0.717, 1.165) is 26.1 Å². The Morgan fingerprint density at radius 1 is 1.18 bits per heavy atom. The van der Waals surface area contributed by atoms with E-state index in [-0.39, 0.29) is 6.03 Å². The fraction of sp³-hybridized carbons (Fsp3) is 0.923. The number of rotatable bonds is 4. The van der Waals surface area contributed by atoms with Crippen molar-refractivity contribution in [1.29, 1.82) is 0 Å². The number of nitrogens with two attached hydrogens (primary N) is 1. The average molecular weight is 239 g/mol. The Bertz CT molecular complexity index is 245. The maximum atomic E-state index is 12.4. The summed E-state index contributed by atoms with van der Waals surface area (Å²) < 4.78 is 0. The van der Waals surface area contributed by atoms with Gasteiger partial charge in [-0.3, -0.25) is 0 Å². The normalized spacial score (nSPS) is 21.1. The van der Waals surface area contributed by atoms with Crippen molar-refractivity contribution in [2.45, 2.75) is 51.0 Å². The van der Waals surface area contributed by atoms with E-state index in [4.69, 9.17) is 5.73 Å². The molecule has 2 rings (SSSR count). The second-order valence-electron chi connectivity index (χ2n) is 5.25. The first-order valence-electron chi connectivity index (χ1n) is 7.08. The predicted octanol–water partition coefficient (Wildman–Crippen LogP) is 1.80. The molecule has 0 atom stereocenters. The molecule has 0 aromatic rings. The summed E-state index contributed by atoms with van der Waals surface area (Å²) in [7, 11) is 0. The van der Waals surface area contributed by atoms with Gasteiger partial charge in [-0.1, -0.05) is 12.8 Å². The minimum atomic E-state index is 0.267. The lowest BCUT2D eigenvalue weighted by Crippen LogP contribution is -2.45. The van der Waals surface area contributed by atoms with Gasteiger partial charge in [-0.15, -0.1) is 0 Å². The van der Waals surface area contributed by atoms with Gasteiger partial charge in [0.15, 0.2) is 0 Å². The second-order valence-corrected chi connectivity index (χ2v) is 5.25. The van der Waals surface area contributed by atoms with Crippen molar-refractivity contribution in [3.05, 3.63) is 0 Å². The second kappa shape index (κ2) is 6.24. The summed E-state index contributed by atoms with van der Waals surface area (Å²) in [5.41, 5.74) is 5.55. The molecular formula is C13H25N3O. The number of amides is 2. The summed E-state index contributed by atoms with van der Waals surface area (Å²) >= 11 is 0. The third-order valence-electron chi connectivity index (χ3n) is 3.71. The maximum absolute atomic E-state index is 12.4. The number of hydrogen-bond acceptors (Lipinski definition) is 2. The fourth-order valence-corrected chi connectivity index (χ4v) is 2.53. The largest absolute Gasteiger partial charge is 0.330 e. The monoisotopic (exact) mass is 239 g/mol. The fourth-order valence-electron chi connectivity index (χ4n) is 2.53. The molecule has 98 valence electrons. The van der Waals surface area contributed by atoms with E-state index < -0.39 is 0 Å². The van der Waals surface area contributed by atoms with Crippen LogP contribution in [-0.2, 0) is 0 Å². The lowest BCUT2D eigenvalue weighted by Gasteiger charge is -2.30. The molecule has 1 aliphatic carbocycles. The third-order valence-corrected chi connectivity index (χ3v) is 3.71. The molecule has 17 heavy (non-hydrogen) atoms. The molecule has 1 aliphatic heterocycles. The van der Waals surface area contributed by atoms with E-state index in [1.807, 2.05) is 0 Å². The Labute approximate surface area is 104 Å². The Balaban J connectivity index is 1.89. The Kier molecular flexibility index (Phi) is 4.66. The van der Waals surface area contributed by atoms with Crippen molar-refractivity contribution in [3.8, 4) is 0 Å². The van der Waals surface area contributed by atoms with Crippen LogP contribution >= 0.6 is 0 Å². The highest BCUT2D eigenvalue weighted by atomic mass is 16.2. The Hall–Kier alpha value is -0.770. The molecule has 0 aromatic heterocycles. The first kappa shape index (κ1) is 12.7. The highest BCUT2D eigenvalue weighted by Gasteiger charge is 2.34. The molecule has 0 aromatic carbocycles. The number of carbonyl (C=O) groups is 1. The van der Waals surface area contributed by atoms with Crippen molar-refractivity contribution in [3.63, 3.8) is 0 Å². The summed E-state index contributed by atoms with van der Waals surface area (Å²) in [5, 5.41) is 0. The summed E-state index contributed by atoms with van der Waals surface area (Å²) in [6, 6.07) is 0.778. The molecule has 2 fully saturated rings. The van der Waals surface area contributed by atoms with Crippen LogP contribution in [0, 0.1) is 0 Å².